The zero-order valence-corrected chi connectivity index (χ0v) is 9.53. The van der Waals surface area contributed by atoms with Gasteiger partial charge in [0.15, 0.2) is 0 Å². The van der Waals surface area contributed by atoms with Gasteiger partial charge in [-0.1, -0.05) is 25.2 Å². The van der Waals surface area contributed by atoms with Crippen LogP contribution in [0.2, 0.25) is 0 Å². The molecule has 0 N–H and O–H groups in total. The minimum absolute atomic E-state index is 0.116. The van der Waals surface area contributed by atoms with Crippen molar-refractivity contribution in [2.75, 3.05) is 26.3 Å². The second kappa shape index (κ2) is 6.40. The summed E-state index contributed by atoms with van der Waals surface area (Å²) in [6.45, 7) is 6.67. The third kappa shape index (κ3) is 3.51. The number of rotatable bonds is 3. The highest BCUT2D eigenvalue weighted by Gasteiger charge is 2.18. The lowest BCUT2D eigenvalue weighted by Gasteiger charge is -2.27. The van der Waals surface area contributed by atoms with E-state index < -0.39 is 0 Å². The number of hydrogen-bond donors (Lipinski definition) is 0. The molecule has 0 unspecified atom stereocenters. The van der Waals surface area contributed by atoms with Crippen molar-refractivity contribution in [1.82, 2.24) is 4.90 Å². The minimum atomic E-state index is 0.116. The van der Waals surface area contributed by atoms with Gasteiger partial charge in [-0.05, 0) is 13.3 Å². The highest BCUT2D eigenvalue weighted by molar-refractivity contribution is 5.96. The summed E-state index contributed by atoms with van der Waals surface area (Å²) in [6, 6.07) is 0. The van der Waals surface area contributed by atoms with Crippen molar-refractivity contribution < 1.29 is 9.53 Å². The number of amides is 1. The first kappa shape index (κ1) is 12.0. The Labute approximate surface area is 91.4 Å². The van der Waals surface area contributed by atoms with Crippen LogP contribution in [-0.4, -0.2) is 37.1 Å². The van der Waals surface area contributed by atoms with Gasteiger partial charge in [0.2, 0.25) is 0 Å². The second-order valence-electron chi connectivity index (χ2n) is 3.46. The van der Waals surface area contributed by atoms with Crippen molar-refractivity contribution in [3.63, 3.8) is 0 Å². The molecule has 0 radical (unpaired) electrons. The summed E-state index contributed by atoms with van der Waals surface area (Å²) in [7, 11) is 0. The van der Waals surface area contributed by atoms with E-state index in [2.05, 4.69) is 6.92 Å². The summed E-state index contributed by atoms with van der Waals surface area (Å²) in [5.41, 5.74) is 0.777. The van der Waals surface area contributed by atoms with Gasteiger partial charge < -0.3 is 9.64 Å². The van der Waals surface area contributed by atoms with Crippen molar-refractivity contribution >= 4 is 5.91 Å². The van der Waals surface area contributed by atoms with Crippen LogP contribution in [0.15, 0.2) is 23.8 Å². The summed E-state index contributed by atoms with van der Waals surface area (Å²) in [5, 5.41) is 0. The summed E-state index contributed by atoms with van der Waals surface area (Å²) < 4.78 is 5.21. The normalized spacial score (nSPS) is 18.5. The third-order valence-electron chi connectivity index (χ3n) is 2.39. The van der Waals surface area contributed by atoms with Crippen LogP contribution in [-0.2, 0) is 9.53 Å². The molecule has 0 spiro atoms. The molecule has 1 rings (SSSR count). The number of hydrogen-bond acceptors (Lipinski definition) is 2. The molecule has 0 aromatic carbocycles. The average Bonchev–Trinajstić information content (AvgIpc) is 2.31. The Kier molecular flexibility index (Phi) is 5.12. The van der Waals surface area contributed by atoms with E-state index in [1.807, 2.05) is 30.1 Å². The topological polar surface area (TPSA) is 29.5 Å². The predicted molar refractivity (Wildman–Crippen MR) is 60.6 cm³/mol. The van der Waals surface area contributed by atoms with E-state index in [0.717, 1.165) is 12.0 Å². The fraction of sp³-hybridized carbons (Fsp3) is 0.583. The largest absolute Gasteiger partial charge is 0.378 e. The molecule has 1 aliphatic heterocycles. The summed E-state index contributed by atoms with van der Waals surface area (Å²) in [4.78, 5) is 13.8. The number of carbonyl (C=O) groups excluding carboxylic acids is 1. The van der Waals surface area contributed by atoms with Crippen LogP contribution in [0.1, 0.15) is 20.3 Å². The maximum absolute atomic E-state index is 12.0. The Morgan fingerprint density at radius 2 is 2.07 bits per heavy atom. The van der Waals surface area contributed by atoms with E-state index in [9.17, 15) is 4.79 Å². The Hall–Kier alpha value is -1.09. The first-order chi connectivity index (χ1) is 7.29. The lowest BCUT2D eigenvalue weighted by Crippen LogP contribution is -2.41. The summed E-state index contributed by atoms with van der Waals surface area (Å²) in [5.74, 6) is 0.116. The standard InChI is InChI=1S/C12H19NO2/c1-3-5-6-11(4-2)12(14)13-7-9-15-10-8-13/h4-6H,3,7-10H2,1-2H3. The molecule has 15 heavy (non-hydrogen) atoms. The molecule has 0 bridgehead atoms. The van der Waals surface area contributed by atoms with Crippen LogP contribution < -0.4 is 0 Å². The van der Waals surface area contributed by atoms with E-state index in [-0.39, 0.29) is 5.91 Å². The molecule has 1 saturated heterocycles. The molecule has 1 amide bonds. The van der Waals surface area contributed by atoms with Crippen molar-refractivity contribution in [3.05, 3.63) is 23.8 Å². The fourth-order valence-electron chi connectivity index (χ4n) is 1.48. The van der Waals surface area contributed by atoms with Crippen LogP contribution in [0.4, 0.5) is 0 Å². The van der Waals surface area contributed by atoms with Gasteiger partial charge in [-0.3, -0.25) is 4.79 Å². The number of morpholine rings is 1. The molecule has 0 atom stereocenters. The summed E-state index contributed by atoms with van der Waals surface area (Å²) in [6.07, 6.45) is 6.73. The molecule has 1 fully saturated rings. The van der Waals surface area contributed by atoms with Crippen molar-refractivity contribution in [3.8, 4) is 0 Å². The molecule has 1 heterocycles. The molecule has 0 saturated carbocycles. The van der Waals surface area contributed by atoms with Crippen molar-refractivity contribution in [2.24, 2.45) is 0 Å². The highest BCUT2D eigenvalue weighted by Crippen LogP contribution is 2.07. The average molecular weight is 209 g/mol. The van der Waals surface area contributed by atoms with E-state index in [4.69, 9.17) is 4.74 Å². The maximum atomic E-state index is 12.0. The van der Waals surface area contributed by atoms with E-state index in [1.165, 1.54) is 0 Å². The zero-order chi connectivity index (χ0) is 11.1. The monoisotopic (exact) mass is 209 g/mol. The number of allylic oxidation sites excluding steroid dienone is 2. The van der Waals surface area contributed by atoms with Crippen molar-refractivity contribution in [1.29, 1.82) is 0 Å². The molecule has 84 valence electrons. The van der Waals surface area contributed by atoms with Gasteiger partial charge in [0.25, 0.3) is 5.91 Å². The molecule has 0 aromatic rings. The quantitative estimate of drug-likeness (QED) is 0.523. The lowest BCUT2D eigenvalue weighted by atomic mass is 10.2. The maximum Gasteiger partial charge on any atom is 0.253 e. The second-order valence-corrected chi connectivity index (χ2v) is 3.46. The Morgan fingerprint density at radius 3 is 2.60 bits per heavy atom. The van der Waals surface area contributed by atoms with Crippen LogP contribution in [0.25, 0.3) is 0 Å². The highest BCUT2D eigenvalue weighted by atomic mass is 16.5. The summed E-state index contributed by atoms with van der Waals surface area (Å²) >= 11 is 0. The Balaban J connectivity index is 2.59. The first-order valence-corrected chi connectivity index (χ1v) is 5.49. The Bertz CT molecular complexity index is 263. The Morgan fingerprint density at radius 1 is 1.40 bits per heavy atom. The van der Waals surface area contributed by atoms with Crippen molar-refractivity contribution in [2.45, 2.75) is 20.3 Å². The van der Waals surface area contributed by atoms with E-state index in [0.29, 0.717) is 26.3 Å². The molecule has 0 aromatic heterocycles. The van der Waals surface area contributed by atoms with Gasteiger partial charge in [-0.2, -0.15) is 0 Å². The molecule has 0 aliphatic carbocycles. The number of carbonyl (C=O) groups is 1. The smallest absolute Gasteiger partial charge is 0.253 e. The molecule has 1 aliphatic rings. The van der Waals surface area contributed by atoms with Gasteiger partial charge in [0.1, 0.15) is 0 Å². The van der Waals surface area contributed by atoms with Crippen LogP contribution in [0.5, 0.6) is 0 Å². The lowest BCUT2D eigenvalue weighted by molar-refractivity contribution is -0.130. The van der Waals surface area contributed by atoms with Gasteiger partial charge in [0, 0.05) is 18.7 Å². The molecular weight excluding hydrogens is 190 g/mol. The van der Waals surface area contributed by atoms with Gasteiger partial charge in [0.05, 0.1) is 13.2 Å². The van der Waals surface area contributed by atoms with Gasteiger partial charge in [-0.15, -0.1) is 0 Å². The van der Waals surface area contributed by atoms with Crippen LogP contribution in [0.3, 0.4) is 0 Å². The van der Waals surface area contributed by atoms with Crippen LogP contribution in [0, 0.1) is 0 Å². The first-order valence-electron chi connectivity index (χ1n) is 5.49. The molecule has 3 nitrogen and oxygen atoms in total. The van der Waals surface area contributed by atoms with Gasteiger partial charge in [-0.25, -0.2) is 0 Å². The zero-order valence-electron chi connectivity index (χ0n) is 9.53. The third-order valence-corrected chi connectivity index (χ3v) is 2.39. The SMILES string of the molecule is CC=C(C=CCC)C(=O)N1CCOCC1. The molecule has 3 heteroatoms. The van der Waals surface area contributed by atoms with Crippen LogP contribution >= 0.6 is 0 Å². The number of nitrogens with zero attached hydrogens (tertiary/aromatic N) is 1. The van der Waals surface area contributed by atoms with E-state index in [1.54, 1.807) is 0 Å². The predicted octanol–water partition coefficient (Wildman–Crippen LogP) is 1.76. The fourth-order valence-corrected chi connectivity index (χ4v) is 1.48. The molecular formula is C12H19NO2. The number of ether oxygens (including phenoxy) is 1. The van der Waals surface area contributed by atoms with E-state index >= 15 is 0 Å². The van der Waals surface area contributed by atoms with Gasteiger partial charge >= 0.3 is 0 Å². The minimum Gasteiger partial charge on any atom is -0.378 e.